The van der Waals surface area contributed by atoms with Gasteiger partial charge in [0.1, 0.15) is 11.6 Å². The quantitative estimate of drug-likeness (QED) is 0.756. The lowest BCUT2D eigenvalue weighted by atomic mass is 10.0. The predicted octanol–water partition coefficient (Wildman–Crippen LogP) is 4.53. The van der Waals surface area contributed by atoms with Crippen molar-refractivity contribution in [3.8, 4) is 17.0 Å². The third-order valence-electron chi connectivity index (χ3n) is 3.73. The van der Waals surface area contributed by atoms with Crippen molar-refractivity contribution >= 4 is 29.0 Å². The van der Waals surface area contributed by atoms with Crippen LogP contribution in [0.2, 0.25) is 0 Å². The number of benzene rings is 2. The highest BCUT2D eigenvalue weighted by Crippen LogP contribution is 2.30. The Morgan fingerprint density at radius 2 is 1.77 bits per heavy atom. The fourth-order valence-corrected chi connectivity index (χ4v) is 2.59. The topological polar surface area (TPSA) is 48.1 Å². The van der Waals surface area contributed by atoms with Gasteiger partial charge in [0.05, 0.1) is 12.8 Å². The number of nitrogen functional groups attached to an aromatic ring is 1. The zero-order valence-corrected chi connectivity index (χ0v) is 13.7. The Bertz CT molecular complexity index is 831. The molecular formula is C18H19ClN2O. The molecule has 0 bridgehead atoms. The van der Waals surface area contributed by atoms with E-state index in [1.807, 2.05) is 24.3 Å². The Labute approximate surface area is 136 Å². The third kappa shape index (κ3) is 2.85. The summed E-state index contributed by atoms with van der Waals surface area (Å²) >= 11 is 0. The van der Waals surface area contributed by atoms with E-state index in [1.54, 1.807) is 7.11 Å². The van der Waals surface area contributed by atoms with Gasteiger partial charge in [-0.05, 0) is 49.1 Å². The lowest BCUT2D eigenvalue weighted by molar-refractivity contribution is 0.414. The summed E-state index contributed by atoms with van der Waals surface area (Å²) in [6, 6.07) is 14.3. The normalized spacial score (nSPS) is 10.3. The van der Waals surface area contributed by atoms with Gasteiger partial charge in [-0.2, -0.15) is 0 Å². The van der Waals surface area contributed by atoms with Crippen molar-refractivity contribution in [2.75, 3.05) is 12.8 Å². The molecule has 2 N–H and O–H groups in total. The van der Waals surface area contributed by atoms with E-state index < -0.39 is 0 Å². The molecule has 0 fully saturated rings. The molecule has 0 saturated heterocycles. The fourth-order valence-electron chi connectivity index (χ4n) is 2.59. The van der Waals surface area contributed by atoms with Crippen LogP contribution in [-0.2, 0) is 0 Å². The van der Waals surface area contributed by atoms with E-state index in [-0.39, 0.29) is 12.4 Å². The van der Waals surface area contributed by atoms with Gasteiger partial charge in [0.15, 0.2) is 0 Å². The van der Waals surface area contributed by atoms with Crippen molar-refractivity contribution in [1.29, 1.82) is 0 Å². The molecule has 0 amide bonds. The van der Waals surface area contributed by atoms with E-state index in [9.17, 15) is 0 Å². The van der Waals surface area contributed by atoms with Gasteiger partial charge in [-0.1, -0.05) is 23.8 Å². The smallest absolute Gasteiger partial charge is 0.131 e. The number of nitrogens with two attached hydrogens (primary N) is 1. The molecule has 22 heavy (non-hydrogen) atoms. The van der Waals surface area contributed by atoms with E-state index in [1.165, 1.54) is 5.56 Å². The largest absolute Gasteiger partial charge is 0.497 e. The lowest BCUT2D eigenvalue weighted by Gasteiger charge is -2.10. The van der Waals surface area contributed by atoms with Crippen LogP contribution in [0.25, 0.3) is 22.0 Å². The average Bonchev–Trinajstić information content (AvgIpc) is 2.46. The number of aryl methyl sites for hydroxylation is 2. The number of hydrogen-bond acceptors (Lipinski definition) is 3. The molecule has 3 nitrogen and oxygen atoms in total. The summed E-state index contributed by atoms with van der Waals surface area (Å²) < 4.78 is 5.25. The molecule has 0 atom stereocenters. The van der Waals surface area contributed by atoms with Crippen molar-refractivity contribution < 1.29 is 4.74 Å². The first kappa shape index (κ1) is 16.1. The van der Waals surface area contributed by atoms with Crippen LogP contribution in [-0.4, -0.2) is 12.1 Å². The van der Waals surface area contributed by atoms with Crippen molar-refractivity contribution in [2.24, 2.45) is 0 Å². The number of fused-ring (bicyclic) bond motifs is 1. The van der Waals surface area contributed by atoms with Gasteiger partial charge in [-0.25, -0.2) is 4.98 Å². The number of hydrogen-bond donors (Lipinski definition) is 1. The Morgan fingerprint density at radius 3 is 2.45 bits per heavy atom. The lowest BCUT2D eigenvalue weighted by Crippen LogP contribution is -1.96. The molecule has 0 aliphatic rings. The molecule has 114 valence electrons. The Morgan fingerprint density at radius 1 is 1.00 bits per heavy atom. The highest BCUT2D eigenvalue weighted by atomic mass is 35.5. The molecule has 0 unspecified atom stereocenters. The number of pyridine rings is 1. The van der Waals surface area contributed by atoms with Gasteiger partial charge in [-0.15, -0.1) is 12.4 Å². The molecule has 3 aromatic rings. The minimum Gasteiger partial charge on any atom is -0.497 e. The van der Waals surface area contributed by atoms with Crippen LogP contribution < -0.4 is 10.5 Å². The summed E-state index contributed by atoms with van der Waals surface area (Å²) in [5, 5.41) is 2.11. The van der Waals surface area contributed by atoms with E-state index in [4.69, 9.17) is 10.5 Å². The maximum Gasteiger partial charge on any atom is 0.131 e. The summed E-state index contributed by atoms with van der Waals surface area (Å²) in [5.74, 6) is 1.42. The maximum absolute atomic E-state index is 6.11. The first-order valence-electron chi connectivity index (χ1n) is 6.90. The number of nitrogens with zero attached hydrogens (tertiary/aromatic N) is 1. The zero-order chi connectivity index (χ0) is 15.0. The molecule has 0 aliphatic carbocycles. The highest BCUT2D eigenvalue weighted by Gasteiger charge is 2.09. The number of ether oxygens (including phenoxy) is 1. The molecule has 1 heterocycles. The first-order chi connectivity index (χ1) is 10.1. The van der Waals surface area contributed by atoms with Gasteiger partial charge in [0.2, 0.25) is 0 Å². The average molecular weight is 315 g/mol. The molecule has 0 radical (unpaired) electrons. The zero-order valence-electron chi connectivity index (χ0n) is 12.9. The Balaban J connectivity index is 0.00000176. The van der Waals surface area contributed by atoms with Crippen molar-refractivity contribution in [2.45, 2.75) is 13.8 Å². The van der Waals surface area contributed by atoms with Crippen LogP contribution in [0.3, 0.4) is 0 Å². The Kier molecular flexibility index (Phi) is 4.57. The second kappa shape index (κ2) is 6.24. The standard InChI is InChI=1S/C18H18N2O.ClH/c1-11-4-6-16-13(8-11)10-17(20-18(16)19)15-7-5-14(21-3)9-12(15)2;/h4-10H,1-3H3,(H2,19,20);1H. The number of rotatable bonds is 2. The number of anilines is 1. The number of aromatic nitrogens is 1. The van der Waals surface area contributed by atoms with Gasteiger partial charge in [0, 0.05) is 10.9 Å². The molecule has 2 aromatic carbocycles. The van der Waals surface area contributed by atoms with E-state index in [0.29, 0.717) is 5.82 Å². The summed E-state index contributed by atoms with van der Waals surface area (Å²) in [4.78, 5) is 4.55. The van der Waals surface area contributed by atoms with Crippen molar-refractivity contribution in [3.63, 3.8) is 0 Å². The summed E-state index contributed by atoms with van der Waals surface area (Å²) in [6.07, 6.45) is 0. The first-order valence-corrected chi connectivity index (χ1v) is 6.90. The summed E-state index contributed by atoms with van der Waals surface area (Å²) in [7, 11) is 1.67. The van der Waals surface area contributed by atoms with Crippen LogP contribution in [0, 0.1) is 13.8 Å². The third-order valence-corrected chi connectivity index (χ3v) is 3.73. The Hall–Kier alpha value is -2.26. The van der Waals surface area contributed by atoms with Crippen LogP contribution in [0.15, 0.2) is 42.5 Å². The minimum atomic E-state index is 0. The van der Waals surface area contributed by atoms with Gasteiger partial charge < -0.3 is 10.5 Å². The molecule has 3 rings (SSSR count). The van der Waals surface area contributed by atoms with E-state index in [0.717, 1.165) is 33.3 Å². The van der Waals surface area contributed by atoms with Crippen LogP contribution in [0.4, 0.5) is 5.82 Å². The van der Waals surface area contributed by atoms with Gasteiger partial charge in [0.25, 0.3) is 0 Å². The predicted molar refractivity (Wildman–Crippen MR) is 94.9 cm³/mol. The second-order valence-corrected chi connectivity index (χ2v) is 5.30. The molecule has 4 heteroatoms. The molecule has 1 aromatic heterocycles. The number of halogens is 1. The minimum absolute atomic E-state index is 0. The van der Waals surface area contributed by atoms with Crippen LogP contribution >= 0.6 is 12.4 Å². The molecular weight excluding hydrogens is 296 g/mol. The van der Waals surface area contributed by atoms with Gasteiger partial charge in [-0.3, -0.25) is 0 Å². The molecule has 0 spiro atoms. The van der Waals surface area contributed by atoms with Crippen LogP contribution in [0.1, 0.15) is 11.1 Å². The second-order valence-electron chi connectivity index (χ2n) is 5.30. The fraction of sp³-hybridized carbons (Fsp3) is 0.167. The SMILES string of the molecule is COc1ccc(-c2cc3cc(C)ccc3c(N)n2)c(C)c1.Cl. The molecule has 0 aliphatic heterocycles. The number of methoxy groups -OCH3 is 1. The van der Waals surface area contributed by atoms with Crippen molar-refractivity contribution in [1.82, 2.24) is 4.98 Å². The van der Waals surface area contributed by atoms with E-state index in [2.05, 4.69) is 37.0 Å². The summed E-state index contributed by atoms with van der Waals surface area (Å²) in [6.45, 7) is 4.13. The van der Waals surface area contributed by atoms with E-state index >= 15 is 0 Å². The van der Waals surface area contributed by atoms with Crippen LogP contribution in [0.5, 0.6) is 5.75 Å². The van der Waals surface area contributed by atoms with Crippen molar-refractivity contribution in [3.05, 3.63) is 53.6 Å². The monoisotopic (exact) mass is 314 g/mol. The molecule has 0 saturated carbocycles. The maximum atomic E-state index is 6.11. The van der Waals surface area contributed by atoms with Gasteiger partial charge >= 0.3 is 0 Å². The highest BCUT2D eigenvalue weighted by molar-refractivity contribution is 5.94. The summed E-state index contributed by atoms with van der Waals surface area (Å²) in [5.41, 5.74) is 10.4.